The summed E-state index contributed by atoms with van der Waals surface area (Å²) in [6.45, 7) is 1.95. The summed E-state index contributed by atoms with van der Waals surface area (Å²) >= 11 is 0. The van der Waals surface area contributed by atoms with Gasteiger partial charge in [0, 0.05) is 5.56 Å². The molecule has 0 aliphatic heterocycles. The summed E-state index contributed by atoms with van der Waals surface area (Å²) in [7, 11) is -3.90. The Morgan fingerprint density at radius 1 is 1.09 bits per heavy atom. The van der Waals surface area contributed by atoms with E-state index in [4.69, 9.17) is 16.6 Å². The average molecular weight is 447 g/mol. The number of anilines is 2. The molecule has 2 aromatic heterocycles. The summed E-state index contributed by atoms with van der Waals surface area (Å²) in [6.07, 6.45) is 0. The average Bonchev–Trinajstić information content (AvgIpc) is 3.08. The van der Waals surface area contributed by atoms with Crippen LogP contribution in [0.1, 0.15) is 11.1 Å². The standard InChI is InChI=1S/C20H17N9O2S/c1-11-5-7-12(8-6-11)16-15(10-21)19(23)29-20(25-16)17(18(22)28-29)27-26-13-3-2-4-14(9-13)32(24,30)31/h2-9H,23H2,1H3,(H2,22,28)(H2,24,30,31). The van der Waals surface area contributed by atoms with Crippen molar-refractivity contribution in [1.29, 1.82) is 5.26 Å². The first kappa shape index (κ1) is 20.9. The predicted molar refractivity (Wildman–Crippen MR) is 119 cm³/mol. The lowest BCUT2D eigenvalue weighted by Gasteiger charge is -2.08. The number of nitrogen functional groups attached to an aromatic ring is 2. The molecule has 0 unspecified atom stereocenters. The molecule has 0 atom stereocenters. The van der Waals surface area contributed by atoms with Gasteiger partial charge in [-0.3, -0.25) is 0 Å². The number of aryl methyl sites for hydroxylation is 1. The third-order valence-electron chi connectivity index (χ3n) is 4.65. The van der Waals surface area contributed by atoms with Crippen LogP contribution in [0.15, 0.2) is 63.7 Å². The van der Waals surface area contributed by atoms with Gasteiger partial charge in [-0.15, -0.1) is 10.2 Å². The Balaban J connectivity index is 1.88. The number of azo groups is 1. The van der Waals surface area contributed by atoms with Gasteiger partial charge in [0.1, 0.15) is 17.5 Å². The van der Waals surface area contributed by atoms with Gasteiger partial charge in [-0.2, -0.15) is 14.9 Å². The molecule has 0 saturated heterocycles. The third-order valence-corrected chi connectivity index (χ3v) is 5.56. The van der Waals surface area contributed by atoms with Gasteiger partial charge in [-0.25, -0.2) is 18.5 Å². The fourth-order valence-corrected chi connectivity index (χ4v) is 3.58. The zero-order valence-corrected chi connectivity index (χ0v) is 17.6. The molecule has 2 aromatic carbocycles. The highest BCUT2D eigenvalue weighted by Crippen LogP contribution is 2.34. The van der Waals surface area contributed by atoms with Crippen molar-refractivity contribution in [3.63, 3.8) is 0 Å². The van der Waals surface area contributed by atoms with Gasteiger partial charge >= 0.3 is 0 Å². The number of hydrogen-bond acceptors (Lipinski definition) is 9. The number of nitriles is 1. The van der Waals surface area contributed by atoms with Crippen molar-refractivity contribution in [1.82, 2.24) is 14.6 Å². The Bertz CT molecular complexity index is 1530. The molecule has 160 valence electrons. The molecular weight excluding hydrogens is 430 g/mol. The number of nitrogens with two attached hydrogens (primary N) is 3. The topological polar surface area (TPSA) is 191 Å². The minimum Gasteiger partial charge on any atom is -0.382 e. The van der Waals surface area contributed by atoms with Gasteiger partial charge < -0.3 is 11.5 Å². The number of hydrogen-bond donors (Lipinski definition) is 3. The van der Waals surface area contributed by atoms with Crippen molar-refractivity contribution in [2.24, 2.45) is 15.4 Å². The van der Waals surface area contributed by atoms with Crippen LogP contribution < -0.4 is 16.6 Å². The fraction of sp³-hybridized carbons (Fsp3) is 0.0500. The number of benzene rings is 2. The monoisotopic (exact) mass is 447 g/mol. The first-order valence-corrected chi connectivity index (χ1v) is 10.7. The van der Waals surface area contributed by atoms with E-state index in [1.165, 1.54) is 22.7 Å². The molecule has 12 heteroatoms. The molecule has 2 heterocycles. The summed E-state index contributed by atoms with van der Waals surface area (Å²) in [4.78, 5) is 4.44. The van der Waals surface area contributed by atoms with E-state index in [1.54, 1.807) is 6.07 Å². The second-order valence-corrected chi connectivity index (χ2v) is 8.47. The van der Waals surface area contributed by atoms with Gasteiger partial charge in [0.2, 0.25) is 10.0 Å². The Morgan fingerprint density at radius 3 is 2.47 bits per heavy atom. The van der Waals surface area contributed by atoms with Gasteiger partial charge in [-0.1, -0.05) is 35.9 Å². The molecule has 4 aromatic rings. The molecule has 0 saturated carbocycles. The minimum absolute atomic E-state index is 0.0134. The number of nitrogens with zero attached hydrogens (tertiary/aromatic N) is 6. The first-order chi connectivity index (χ1) is 15.2. The van der Waals surface area contributed by atoms with Crippen molar-refractivity contribution in [2.45, 2.75) is 11.8 Å². The van der Waals surface area contributed by atoms with Crippen LogP contribution in [0.25, 0.3) is 16.9 Å². The third kappa shape index (κ3) is 3.73. The molecule has 0 amide bonds. The van der Waals surface area contributed by atoms with Crippen molar-refractivity contribution >= 4 is 38.7 Å². The lowest BCUT2D eigenvalue weighted by molar-refractivity contribution is 0.598. The molecule has 4 rings (SSSR count). The fourth-order valence-electron chi connectivity index (χ4n) is 3.03. The van der Waals surface area contributed by atoms with E-state index < -0.39 is 10.0 Å². The van der Waals surface area contributed by atoms with E-state index in [2.05, 4.69) is 26.4 Å². The SMILES string of the molecule is Cc1ccc(-c2nc3c(N=Nc4cccc(S(N)(=O)=O)c4)c(N)nn3c(N)c2C#N)cc1. The quantitative estimate of drug-likeness (QED) is 0.400. The van der Waals surface area contributed by atoms with Crippen LogP contribution in [0.4, 0.5) is 23.0 Å². The van der Waals surface area contributed by atoms with E-state index in [1.807, 2.05) is 31.2 Å². The highest BCUT2D eigenvalue weighted by Gasteiger charge is 2.20. The number of sulfonamides is 1. The predicted octanol–water partition coefficient (Wildman–Crippen LogP) is 2.80. The van der Waals surface area contributed by atoms with E-state index in [0.29, 0.717) is 11.3 Å². The zero-order valence-electron chi connectivity index (χ0n) is 16.8. The molecule has 0 bridgehead atoms. The Kier molecular flexibility index (Phi) is 5.05. The van der Waals surface area contributed by atoms with Crippen LogP contribution in [0.5, 0.6) is 0 Å². The number of fused-ring (bicyclic) bond motifs is 1. The summed E-state index contributed by atoms with van der Waals surface area (Å²) in [5, 5.41) is 27.1. The maximum absolute atomic E-state index is 11.6. The van der Waals surface area contributed by atoms with Crippen molar-refractivity contribution in [2.75, 3.05) is 11.5 Å². The van der Waals surface area contributed by atoms with Crippen molar-refractivity contribution in [3.8, 4) is 17.3 Å². The van der Waals surface area contributed by atoms with Crippen LogP contribution in [0, 0.1) is 18.3 Å². The van der Waals surface area contributed by atoms with Crippen LogP contribution in [0.2, 0.25) is 0 Å². The van der Waals surface area contributed by atoms with Crippen LogP contribution in [-0.4, -0.2) is 23.0 Å². The van der Waals surface area contributed by atoms with Gasteiger partial charge in [0.05, 0.1) is 16.3 Å². The van der Waals surface area contributed by atoms with Gasteiger partial charge in [-0.05, 0) is 25.1 Å². The van der Waals surface area contributed by atoms with Gasteiger partial charge in [0.25, 0.3) is 0 Å². The molecule has 6 N–H and O–H groups in total. The van der Waals surface area contributed by atoms with E-state index in [0.717, 1.165) is 5.56 Å². The lowest BCUT2D eigenvalue weighted by atomic mass is 10.1. The number of primary sulfonamides is 1. The molecule has 0 spiro atoms. The normalized spacial score (nSPS) is 11.8. The molecular formula is C20H17N9O2S. The highest BCUT2D eigenvalue weighted by molar-refractivity contribution is 7.89. The summed E-state index contributed by atoms with van der Waals surface area (Å²) in [6, 6.07) is 15.2. The second-order valence-electron chi connectivity index (χ2n) is 6.91. The molecule has 11 nitrogen and oxygen atoms in total. The van der Waals surface area contributed by atoms with E-state index in [-0.39, 0.29) is 39.1 Å². The first-order valence-electron chi connectivity index (χ1n) is 9.18. The molecule has 32 heavy (non-hydrogen) atoms. The number of rotatable bonds is 4. The highest BCUT2D eigenvalue weighted by atomic mass is 32.2. The number of aromatic nitrogens is 3. The molecule has 0 aliphatic carbocycles. The summed E-state index contributed by atoms with van der Waals surface area (Å²) in [5.74, 6) is 0.0398. The van der Waals surface area contributed by atoms with E-state index >= 15 is 0 Å². The van der Waals surface area contributed by atoms with Crippen LogP contribution in [-0.2, 0) is 10.0 Å². The lowest BCUT2D eigenvalue weighted by Crippen LogP contribution is -2.11. The van der Waals surface area contributed by atoms with Crippen molar-refractivity contribution in [3.05, 3.63) is 59.7 Å². The maximum Gasteiger partial charge on any atom is 0.238 e. The minimum atomic E-state index is -3.90. The van der Waals surface area contributed by atoms with Gasteiger partial charge in [0.15, 0.2) is 17.2 Å². The second kappa shape index (κ2) is 7.73. The Labute approximate surface area is 182 Å². The van der Waals surface area contributed by atoms with Crippen LogP contribution >= 0.6 is 0 Å². The summed E-state index contributed by atoms with van der Waals surface area (Å²) < 4.78 is 24.3. The maximum atomic E-state index is 11.6. The van der Waals surface area contributed by atoms with Crippen molar-refractivity contribution < 1.29 is 8.42 Å². The Morgan fingerprint density at radius 2 is 1.81 bits per heavy atom. The summed E-state index contributed by atoms with van der Waals surface area (Å²) in [5.41, 5.74) is 15.0. The molecule has 0 fully saturated rings. The molecule has 0 aliphatic rings. The van der Waals surface area contributed by atoms with Crippen LogP contribution in [0.3, 0.4) is 0 Å². The Hall–Kier alpha value is -4.34. The van der Waals surface area contributed by atoms with E-state index in [9.17, 15) is 13.7 Å². The zero-order chi connectivity index (χ0) is 23.0. The smallest absolute Gasteiger partial charge is 0.238 e. The largest absolute Gasteiger partial charge is 0.382 e. The molecule has 0 radical (unpaired) electrons.